The monoisotopic (exact) mass is 390 g/mol. The summed E-state index contributed by atoms with van der Waals surface area (Å²) in [6, 6.07) is 2.21. The molecule has 2 atom stereocenters. The van der Waals surface area contributed by atoms with Crippen LogP contribution in [0.3, 0.4) is 0 Å². The molecule has 3 heterocycles. The minimum absolute atomic E-state index is 0.0198. The molecule has 2 aliphatic heterocycles. The molecule has 2 saturated heterocycles. The van der Waals surface area contributed by atoms with Gasteiger partial charge in [-0.05, 0) is 24.8 Å². The fraction of sp³-hybridized carbons (Fsp3) is 0.762. The lowest BCUT2D eigenvalue weighted by atomic mass is 9.92. The first-order valence-corrected chi connectivity index (χ1v) is 10.4. The van der Waals surface area contributed by atoms with Gasteiger partial charge in [-0.2, -0.15) is 5.10 Å². The zero-order valence-electron chi connectivity index (χ0n) is 18.1. The van der Waals surface area contributed by atoms with Crippen LogP contribution < -0.4 is 0 Å². The maximum atomic E-state index is 13.0. The third kappa shape index (κ3) is 3.89. The Kier molecular flexibility index (Phi) is 5.73. The average Bonchev–Trinajstić information content (AvgIpc) is 3.23. The summed E-state index contributed by atoms with van der Waals surface area (Å²) in [4.78, 5) is 29.2. The fourth-order valence-electron chi connectivity index (χ4n) is 4.12. The molecule has 0 radical (unpaired) electrons. The largest absolute Gasteiger partial charge is 0.447 e. The molecular formula is C21H34N4O3. The minimum atomic E-state index is -0.198. The van der Waals surface area contributed by atoms with Crippen molar-refractivity contribution in [2.24, 2.45) is 13.0 Å². The summed E-state index contributed by atoms with van der Waals surface area (Å²) in [6.45, 7) is 12.4. The number of nitrogens with zero attached hydrogens (tertiary/aromatic N) is 4. The molecule has 0 aromatic carbocycles. The van der Waals surface area contributed by atoms with Gasteiger partial charge < -0.3 is 9.64 Å². The number of hydrogen-bond acceptors (Lipinski definition) is 4. The predicted octanol–water partition coefficient (Wildman–Crippen LogP) is 3.19. The van der Waals surface area contributed by atoms with E-state index in [1.54, 1.807) is 4.68 Å². The number of piperidine rings is 1. The molecule has 2 amide bonds. The highest BCUT2D eigenvalue weighted by Crippen LogP contribution is 2.29. The van der Waals surface area contributed by atoms with Crippen LogP contribution in [0.4, 0.5) is 4.79 Å². The number of aromatic nitrogens is 2. The highest BCUT2D eigenvalue weighted by atomic mass is 16.6. The summed E-state index contributed by atoms with van der Waals surface area (Å²) in [5, 5.41) is 4.52. The summed E-state index contributed by atoms with van der Waals surface area (Å²) in [5.74, 6) is 0.433. The van der Waals surface area contributed by atoms with E-state index in [1.165, 1.54) is 0 Å². The van der Waals surface area contributed by atoms with Gasteiger partial charge in [0.2, 0.25) is 0 Å². The van der Waals surface area contributed by atoms with Crippen molar-refractivity contribution in [1.82, 2.24) is 19.6 Å². The molecule has 1 aromatic rings. The maximum Gasteiger partial charge on any atom is 0.410 e. The van der Waals surface area contributed by atoms with Crippen LogP contribution in [0.15, 0.2) is 6.07 Å². The van der Waals surface area contributed by atoms with Crippen molar-refractivity contribution in [2.75, 3.05) is 19.7 Å². The van der Waals surface area contributed by atoms with Crippen molar-refractivity contribution < 1.29 is 14.3 Å². The second kappa shape index (κ2) is 7.76. The number of hydrogen-bond donors (Lipinski definition) is 0. The Balaban J connectivity index is 1.66. The molecule has 0 bridgehead atoms. The first-order chi connectivity index (χ1) is 13.1. The van der Waals surface area contributed by atoms with E-state index in [1.807, 2.05) is 22.9 Å². The summed E-state index contributed by atoms with van der Waals surface area (Å²) >= 11 is 0. The standard InChI is InChI=1S/C21H34N4O3/c1-7-14(2)17-13-28-20(27)25(17)15-8-10-24(11-9-15)19(26)16-12-18(21(3,4)5)22-23(16)6/h12,14-15,17H,7-11,13H2,1-6H3. The number of carbonyl (C=O) groups is 2. The van der Waals surface area contributed by atoms with Crippen molar-refractivity contribution in [1.29, 1.82) is 0 Å². The topological polar surface area (TPSA) is 67.7 Å². The third-order valence-electron chi connectivity index (χ3n) is 6.26. The Bertz CT molecular complexity index is 728. The van der Waals surface area contributed by atoms with Crippen molar-refractivity contribution in [3.8, 4) is 0 Å². The number of aryl methyl sites for hydroxylation is 1. The average molecular weight is 391 g/mol. The second-order valence-electron chi connectivity index (χ2n) is 9.25. The Morgan fingerprint density at radius 2 is 1.96 bits per heavy atom. The first kappa shape index (κ1) is 20.7. The van der Waals surface area contributed by atoms with Gasteiger partial charge in [0.1, 0.15) is 12.3 Å². The van der Waals surface area contributed by atoms with E-state index in [-0.39, 0.29) is 29.5 Å². The van der Waals surface area contributed by atoms with Crippen molar-refractivity contribution in [3.05, 3.63) is 17.5 Å². The fourth-order valence-corrected chi connectivity index (χ4v) is 4.12. The zero-order valence-corrected chi connectivity index (χ0v) is 18.1. The van der Waals surface area contributed by atoms with Crippen molar-refractivity contribution >= 4 is 12.0 Å². The van der Waals surface area contributed by atoms with Gasteiger partial charge in [0, 0.05) is 31.6 Å². The van der Waals surface area contributed by atoms with E-state index in [0.717, 1.165) is 25.0 Å². The maximum absolute atomic E-state index is 13.0. The van der Waals surface area contributed by atoms with Gasteiger partial charge in [0.15, 0.2) is 0 Å². The number of cyclic esters (lactones) is 1. The smallest absolute Gasteiger partial charge is 0.410 e. The van der Waals surface area contributed by atoms with Crippen LogP contribution in [-0.4, -0.2) is 63.4 Å². The molecule has 7 nitrogen and oxygen atoms in total. The van der Waals surface area contributed by atoms with E-state index in [4.69, 9.17) is 4.74 Å². The van der Waals surface area contributed by atoms with E-state index in [2.05, 4.69) is 39.7 Å². The first-order valence-electron chi connectivity index (χ1n) is 10.4. The molecule has 3 rings (SSSR count). The summed E-state index contributed by atoms with van der Waals surface area (Å²) in [7, 11) is 1.83. The summed E-state index contributed by atoms with van der Waals surface area (Å²) < 4.78 is 7.03. The quantitative estimate of drug-likeness (QED) is 0.792. The third-order valence-corrected chi connectivity index (χ3v) is 6.26. The molecule has 0 spiro atoms. The molecular weight excluding hydrogens is 356 g/mol. The van der Waals surface area contributed by atoms with Gasteiger partial charge in [0.05, 0.1) is 11.7 Å². The Morgan fingerprint density at radius 3 is 2.50 bits per heavy atom. The summed E-state index contributed by atoms with van der Waals surface area (Å²) in [5.41, 5.74) is 1.45. The van der Waals surface area contributed by atoms with Crippen LogP contribution in [0.5, 0.6) is 0 Å². The number of ether oxygens (including phenoxy) is 1. The lowest BCUT2D eigenvalue weighted by Crippen LogP contribution is -2.51. The Labute approximate surface area is 168 Å². The lowest BCUT2D eigenvalue weighted by molar-refractivity contribution is 0.0605. The van der Waals surface area contributed by atoms with Crippen LogP contribution in [-0.2, 0) is 17.2 Å². The van der Waals surface area contributed by atoms with Gasteiger partial charge in [0.25, 0.3) is 5.91 Å². The highest BCUT2D eigenvalue weighted by Gasteiger charge is 2.42. The number of amides is 2. The molecule has 156 valence electrons. The van der Waals surface area contributed by atoms with Crippen LogP contribution in [0.1, 0.15) is 70.1 Å². The van der Waals surface area contributed by atoms with E-state index < -0.39 is 0 Å². The van der Waals surface area contributed by atoms with Crippen LogP contribution in [0, 0.1) is 5.92 Å². The van der Waals surface area contributed by atoms with Crippen LogP contribution in [0.25, 0.3) is 0 Å². The molecule has 0 N–H and O–H groups in total. The molecule has 0 saturated carbocycles. The lowest BCUT2D eigenvalue weighted by Gasteiger charge is -2.39. The van der Waals surface area contributed by atoms with Gasteiger partial charge in [-0.15, -0.1) is 0 Å². The zero-order chi connectivity index (χ0) is 20.6. The van der Waals surface area contributed by atoms with E-state index >= 15 is 0 Å². The normalized spacial score (nSPS) is 22.5. The molecule has 2 fully saturated rings. The Morgan fingerprint density at radius 1 is 1.32 bits per heavy atom. The predicted molar refractivity (Wildman–Crippen MR) is 107 cm³/mol. The number of carbonyl (C=O) groups excluding carboxylic acids is 2. The minimum Gasteiger partial charge on any atom is -0.447 e. The summed E-state index contributed by atoms with van der Waals surface area (Å²) in [6.07, 6.45) is 2.40. The van der Waals surface area contributed by atoms with Crippen molar-refractivity contribution in [2.45, 2.75) is 71.4 Å². The number of rotatable bonds is 4. The van der Waals surface area contributed by atoms with Crippen LogP contribution >= 0.6 is 0 Å². The van der Waals surface area contributed by atoms with E-state index in [9.17, 15) is 9.59 Å². The molecule has 7 heteroatoms. The SMILES string of the molecule is CCC(C)C1COC(=O)N1C1CCN(C(=O)c2cc(C(C)(C)C)nn2C)CC1. The number of likely N-dealkylation sites (tertiary alicyclic amines) is 1. The Hall–Kier alpha value is -2.05. The van der Waals surface area contributed by atoms with E-state index in [0.29, 0.717) is 31.3 Å². The molecule has 2 aliphatic rings. The molecule has 28 heavy (non-hydrogen) atoms. The van der Waals surface area contributed by atoms with Gasteiger partial charge in [-0.25, -0.2) is 4.79 Å². The van der Waals surface area contributed by atoms with Crippen LogP contribution in [0.2, 0.25) is 0 Å². The van der Waals surface area contributed by atoms with Gasteiger partial charge >= 0.3 is 6.09 Å². The highest BCUT2D eigenvalue weighted by molar-refractivity contribution is 5.92. The second-order valence-corrected chi connectivity index (χ2v) is 9.25. The van der Waals surface area contributed by atoms with Gasteiger partial charge in [-0.1, -0.05) is 41.0 Å². The van der Waals surface area contributed by atoms with Gasteiger partial charge in [-0.3, -0.25) is 14.4 Å². The molecule has 0 aliphatic carbocycles. The molecule has 1 aromatic heterocycles. The van der Waals surface area contributed by atoms with Crippen molar-refractivity contribution in [3.63, 3.8) is 0 Å². The molecule has 2 unspecified atom stereocenters.